The Kier molecular flexibility index (Phi) is 5.40. The van der Waals surface area contributed by atoms with Crippen molar-refractivity contribution in [3.05, 3.63) is 17.0 Å². The van der Waals surface area contributed by atoms with Crippen molar-refractivity contribution in [2.24, 2.45) is 0 Å². The summed E-state index contributed by atoms with van der Waals surface area (Å²) in [6.07, 6.45) is 6.16. The van der Waals surface area contributed by atoms with Gasteiger partial charge >= 0.3 is 5.97 Å². The topological polar surface area (TPSA) is 74.7 Å². The molecular formula is C14H21NO4S2. The van der Waals surface area contributed by atoms with Crippen LogP contribution >= 0.6 is 11.3 Å². The molecule has 118 valence electrons. The number of nitrogens with zero attached hydrogens (tertiary/aromatic N) is 1. The molecule has 0 saturated heterocycles. The third kappa shape index (κ3) is 4.05. The van der Waals surface area contributed by atoms with Crippen LogP contribution in [-0.4, -0.2) is 36.9 Å². The molecule has 1 aromatic heterocycles. The van der Waals surface area contributed by atoms with E-state index in [2.05, 4.69) is 0 Å². The number of carbonyl (C=O) groups is 1. The Hall–Kier alpha value is -0.920. The number of rotatable bonds is 5. The Morgan fingerprint density at radius 1 is 1.29 bits per heavy atom. The molecule has 0 atom stereocenters. The van der Waals surface area contributed by atoms with Crippen LogP contribution in [0.15, 0.2) is 16.3 Å². The lowest BCUT2D eigenvalue weighted by Gasteiger charge is -2.25. The minimum absolute atomic E-state index is 0.0579. The molecule has 1 aliphatic carbocycles. The van der Waals surface area contributed by atoms with Crippen molar-refractivity contribution in [3.8, 4) is 0 Å². The van der Waals surface area contributed by atoms with Crippen LogP contribution in [0.2, 0.25) is 0 Å². The van der Waals surface area contributed by atoms with Gasteiger partial charge in [0.05, 0.1) is 6.42 Å². The Labute approximate surface area is 129 Å². The largest absolute Gasteiger partial charge is 0.481 e. The number of aliphatic carboxylic acids is 1. The maximum atomic E-state index is 12.6. The van der Waals surface area contributed by atoms with Crippen molar-refractivity contribution in [1.29, 1.82) is 0 Å². The second kappa shape index (κ2) is 6.89. The van der Waals surface area contributed by atoms with Crippen LogP contribution in [0.1, 0.15) is 43.4 Å². The number of thiophene rings is 1. The Morgan fingerprint density at radius 3 is 2.48 bits per heavy atom. The molecule has 1 heterocycles. The first-order valence-electron chi connectivity index (χ1n) is 7.20. The van der Waals surface area contributed by atoms with Gasteiger partial charge in [0.1, 0.15) is 4.21 Å². The third-order valence-corrected chi connectivity index (χ3v) is 7.40. The highest BCUT2D eigenvalue weighted by atomic mass is 32.2. The predicted molar refractivity (Wildman–Crippen MR) is 82.1 cm³/mol. The van der Waals surface area contributed by atoms with Crippen molar-refractivity contribution in [2.45, 2.75) is 55.2 Å². The van der Waals surface area contributed by atoms with Gasteiger partial charge in [0.15, 0.2) is 0 Å². The number of carboxylic acid groups (broad SMARTS) is 1. The van der Waals surface area contributed by atoms with Gasteiger partial charge in [-0.15, -0.1) is 11.3 Å². The van der Waals surface area contributed by atoms with Crippen LogP contribution in [0, 0.1) is 0 Å². The summed E-state index contributed by atoms with van der Waals surface area (Å²) in [7, 11) is -1.87. The minimum Gasteiger partial charge on any atom is -0.481 e. The summed E-state index contributed by atoms with van der Waals surface area (Å²) in [6.45, 7) is 0. The van der Waals surface area contributed by atoms with Crippen LogP contribution < -0.4 is 0 Å². The molecule has 0 amide bonds. The number of hydrogen-bond acceptors (Lipinski definition) is 4. The second-order valence-corrected chi connectivity index (χ2v) is 8.85. The number of hydrogen-bond donors (Lipinski definition) is 1. The van der Waals surface area contributed by atoms with Gasteiger partial charge in [-0.2, -0.15) is 4.31 Å². The summed E-state index contributed by atoms with van der Waals surface area (Å²) in [5, 5.41) is 8.77. The Bertz CT molecular complexity index is 586. The summed E-state index contributed by atoms with van der Waals surface area (Å²) in [4.78, 5) is 11.3. The van der Waals surface area contributed by atoms with Gasteiger partial charge in [-0.1, -0.05) is 25.7 Å². The van der Waals surface area contributed by atoms with E-state index >= 15 is 0 Å². The zero-order chi connectivity index (χ0) is 15.5. The highest BCUT2D eigenvalue weighted by molar-refractivity contribution is 7.91. The van der Waals surface area contributed by atoms with Gasteiger partial charge in [-0.3, -0.25) is 4.79 Å². The molecule has 0 aromatic carbocycles. The molecule has 1 aliphatic rings. The molecule has 1 aromatic rings. The number of carboxylic acids is 1. The molecule has 1 N–H and O–H groups in total. The van der Waals surface area contributed by atoms with E-state index in [0.29, 0.717) is 4.88 Å². The van der Waals surface area contributed by atoms with Crippen molar-refractivity contribution >= 4 is 27.3 Å². The van der Waals surface area contributed by atoms with Gasteiger partial charge in [-0.25, -0.2) is 8.42 Å². The van der Waals surface area contributed by atoms with Gasteiger partial charge in [0.2, 0.25) is 0 Å². The van der Waals surface area contributed by atoms with Crippen LogP contribution in [0.4, 0.5) is 0 Å². The van der Waals surface area contributed by atoms with Crippen LogP contribution in [0.3, 0.4) is 0 Å². The fourth-order valence-electron chi connectivity index (χ4n) is 2.70. The molecule has 0 spiro atoms. The normalized spacial score (nSPS) is 17.8. The maximum absolute atomic E-state index is 12.6. The van der Waals surface area contributed by atoms with Crippen LogP contribution in [0.25, 0.3) is 0 Å². The summed E-state index contributed by atoms with van der Waals surface area (Å²) in [6, 6.07) is 3.17. The standard InChI is InChI=1S/C14H21NO4S2/c1-15(11-6-4-2-3-5-7-11)21(18,19)14-9-8-12(20-14)10-13(16)17/h8-9,11H,2-7,10H2,1H3,(H,16,17). The van der Waals surface area contributed by atoms with Crippen molar-refractivity contribution in [2.75, 3.05) is 7.05 Å². The van der Waals surface area contributed by atoms with E-state index in [1.807, 2.05) is 0 Å². The molecule has 0 aliphatic heterocycles. The van der Waals surface area contributed by atoms with E-state index in [1.165, 1.54) is 23.2 Å². The van der Waals surface area contributed by atoms with E-state index in [1.54, 1.807) is 13.1 Å². The lowest BCUT2D eigenvalue weighted by molar-refractivity contribution is -0.136. The molecule has 5 nitrogen and oxygen atoms in total. The van der Waals surface area contributed by atoms with E-state index in [4.69, 9.17) is 5.11 Å². The summed E-state index contributed by atoms with van der Waals surface area (Å²) < 4.78 is 27.0. The van der Waals surface area contributed by atoms with E-state index in [9.17, 15) is 13.2 Å². The van der Waals surface area contributed by atoms with E-state index in [0.717, 1.165) is 37.0 Å². The average molecular weight is 331 g/mol. The molecule has 1 saturated carbocycles. The van der Waals surface area contributed by atoms with Crippen LogP contribution in [-0.2, 0) is 21.2 Å². The monoisotopic (exact) mass is 331 g/mol. The lowest BCUT2D eigenvalue weighted by Crippen LogP contribution is -2.36. The van der Waals surface area contributed by atoms with Gasteiger partial charge in [0, 0.05) is 18.0 Å². The van der Waals surface area contributed by atoms with Gasteiger partial charge < -0.3 is 5.11 Å². The average Bonchev–Trinajstić information content (AvgIpc) is 2.73. The lowest BCUT2D eigenvalue weighted by atomic mass is 10.1. The molecule has 0 unspecified atom stereocenters. The SMILES string of the molecule is CN(C1CCCCCC1)S(=O)(=O)c1ccc(CC(=O)O)s1. The molecular weight excluding hydrogens is 310 g/mol. The zero-order valence-corrected chi connectivity index (χ0v) is 13.8. The van der Waals surface area contributed by atoms with Crippen molar-refractivity contribution < 1.29 is 18.3 Å². The molecule has 2 rings (SSSR count). The summed E-state index contributed by atoms with van der Waals surface area (Å²) >= 11 is 1.06. The van der Waals surface area contributed by atoms with E-state index < -0.39 is 16.0 Å². The Balaban J connectivity index is 2.15. The van der Waals surface area contributed by atoms with Gasteiger partial charge in [-0.05, 0) is 25.0 Å². The summed E-state index contributed by atoms with van der Waals surface area (Å²) in [5.41, 5.74) is 0. The fraction of sp³-hybridized carbons (Fsp3) is 0.643. The maximum Gasteiger partial charge on any atom is 0.308 e. The first kappa shape index (κ1) is 16.5. The zero-order valence-electron chi connectivity index (χ0n) is 12.1. The van der Waals surface area contributed by atoms with Gasteiger partial charge in [0.25, 0.3) is 10.0 Å². The third-order valence-electron chi connectivity index (χ3n) is 3.93. The smallest absolute Gasteiger partial charge is 0.308 e. The highest BCUT2D eigenvalue weighted by Crippen LogP contribution is 2.29. The quantitative estimate of drug-likeness (QED) is 0.842. The fourth-order valence-corrected chi connectivity index (χ4v) is 5.65. The first-order chi connectivity index (χ1) is 9.91. The molecule has 21 heavy (non-hydrogen) atoms. The predicted octanol–water partition coefficient (Wildman–Crippen LogP) is 2.72. The molecule has 0 bridgehead atoms. The Morgan fingerprint density at radius 2 is 1.90 bits per heavy atom. The first-order valence-corrected chi connectivity index (χ1v) is 9.45. The second-order valence-electron chi connectivity index (χ2n) is 5.46. The molecule has 0 radical (unpaired) electrons. The van der Waals surface area contributed by atoms with Crippen molar-refractivity contribution in [1.82, 2.24) is 4.31 Å². The van der Waals surface area contributed by atoms with Crippen LogP contribution in [0.5, 0.6) is 0 Å². The number of sulfonamides is 1. The molecule has 7 heteroatoms. The van der Waals surface area contributed by atoms with E-state index in [-0.39, 0.29) is 16.7 Å². The van der Waals surface area contributed by atoms with Crippen molar-refractivity contribution in [3.63, 3.8) is 0 Å². The summed E-state index contributed by atoms with van der Waals surface area (Å²) in [5.74, 6) is -0.946. The minimum atomic E-state index is -3.51. The highest BCUT2D eigenvalue weighted by Gasteiger charge is 2.29. The molecule has 1 fully saturated rings.